The molecular weight excluding hydrogens is 192 g/mol. The van der Waals surface area contributed by atoms with Gasteiger partial charge in [-0.15, -0.1) is 0 Å². The maximum atomic E-state index is 11.4. The van der Waals surface area contributed by atoms with Crippen LogP contribution in [0.3, 0.4) is 0 Å². The van der Waals surface area contributed by atoms with Crippen molar-refractivity contribution >= 4 is 5.97 Å². The average molecular weight is 206 g/mol. The van der Waals surface area contributed by atoms with Gasteiger partial charge in [0, 0.05) is 6.42 Å². The lowest BCUT2D eigenvalue weighted by molar-refractivity contribution is 0.0506. The molecule has 0 spiro atoms. The molecule has 0 aromatic heterocycles. The lowest BCUT2D eigenvalue weighted by Crippen LogP contribution is -2.07. The molecule has 0 unspecified atom stereocenters. The monoisotopic (exact) mass is 206 g/mol. The van der Waals surface area contributed by atoms with Crippen LogP contribution in [0.2, 0.25) is 0 Å². The van der Waals surface area contributed by atoms with E-state index in [4.69, 9.17) is 9.84 Å². The average Bonchev–Trinajstić information content (AvgIpc) is 2.29. The molecule has 15 heavy (non-hydrogen) atoms. The fourth-order valence-corrected chi connectivity index (χ4v) is 1.02. The molecule has 0 saturated heterocycles. The Morgan fingerprint density at radius 2 is 2.00 bits per heavy atom. The molecule has 0 aliphatic rings. The SMILES string of the molecule is C=C(CO)CCOC(=O)c1ccccc1. The van der Waals surface area contributed by atoms with Crippen molar-refractivity contribution < 1.29 is 14.6 Å². The fourth-order valence-electron chi connectivity index (χ4n) is 1.02. The highest BCUT2D eigenvalue weighted by atomic mass is 16.5. The molecule has 1 rings (SSSR count). The maximum Gasteiger partial charge on any atom is 0.338 e. The molecule has 0 bridgehead atoms. The number of aliphatic hydroxyl groups excluding tert-OH is 1. The quantitative estimate of drug-likeness (QED) is 0.590. The van der Waals surface area contributed by atoms with Gasteiger partial charge in [0.15, 0.2) is 0 Å². The molecule has 1 N–H and O–H groups in total. The second-order valence-corrected chi connectivity index (χ2v) is 3.16. The molecule has 3 nitrogen and oxygen atoms in total. The first-order valence-corrected chi connectivity index (χ1v) is 4.73. The van der Waals surface area contributed by atoms with Crippen LogP contribution in [-0.2, 0) is 4.74 Å². The van der Waals surface area contributed by atoms with Crippen LogP contribution in [0, 0.1) is 0 Å². The van der Waals surface area contributed by atoms with Crippen LogP contribution in [0.15, 0.2) is 42.5 Å². The molecule has 1 aromatic rings. The normalized spacial score (nSPS) is 9.67. The van der Waals surface area contributed by atoms with E-state index in [-0.39, 0.29) is 19.2 Å². The molecule has 80 valence electrons. The molecule has 0 fully saturated rings. The van der Waals surface area contributed by atoms with Crippen molar-refractivity contribution in [2.75, 3.05) is 13.2 Å². The van der Waals surface area contributed by atoms with Crippen molar-refractivity contribution in [3.63, 3.8) is 0 Å². The summed E-state index contributed by atoms with van der Waals surface area (Å²) in [6.07, 6.45) is 0.495. The van der Waals surface area contributed by atoms with Crippen LogP contribution >= 0.6 is 0 Å². The highest BCUT2D eigenvalue weighted by molar-refractivity contribution is 5.89. The zero-order chi connectivity index (χ0) is 11.1. The lowest BCUT2D eigenvalue weighted by Gasteiger charge is -2.04. The van der Waals surface area contributed by atoms with Gasteiger partial charge in [-0.1, -0.05) is 24.8 Å². The summed E-state index contributed by atoms with van der Waals surface area (Å²) in [5.74, 6) is -0.346. The van der Waals surface area contributed by atoms with E-state index in [9.17, 15) is 4.79 Å². The molecule has 0 aliphatic carbocycles. The number of rotatable bonds is 5. The van der Waals surface area contributed by atoms with Crippen LogP contribution in [-0.4, -0.2) is 24.3 Å². The van der Waals surface area contributed by atoms with Crippen molar-refractivity contribution in [2.24, 2.45) is 0 Å². The summed E-state index contributed by atoms with van der Waals surface area (Å²) >= 11 is 0. The number of benzene rings is 1. The van der Waals surface area contributed by atoms with E-state index in [0.717, 1.165) is 0 Å². The zero-order valence-electron chi connectivity index (χ0n) is 8.48. The first kappa shape index (κ1) is 11.5. The van der Waals surface area contributed by atoms with Gasteiger partial charge in [0.2, 0.25) is 0 Å². The molecule has 1 aromatic carbocycles. The minimum Gasteiger partial charge on any atom is -0.462 e. The van der Waals surface area contributed by atoms with E-state index in [1.807, 2.05) is 6.07 Å². The van der Waals surface area contributed by atoms with Gasteiger partial charge in [0.05, 0.1) is 18.8 Å². The Labute approximate surface area is 89.0 Å². The minimum absolute atomic E-state index is 0.0666. The smallest absolute Gasteiger partial charge is 0.338 e. The summed E-state index contributed by atoms with van der Waals surface area (Å²) in [4.78, 5) is 11.4. The topological polar surface area (TPSA) is 46.5 Å². The third-order valence-corrected chi connectivity index (χ3v) is 1.92. The standard InChI is InChI=1S/C12H14O3/c1-10(9-13)7-8-15-12(14)11-5-3-2-4-6-11/h2-6,13H,1,7-9H2. The Hall–Kier alpha value is -1.61. The number of ether oxygens (including phenoxy) is 1. The molecule has 0 atom stereocenters. The van der Waals surface area contributed by atoms with E-state index in [1.165, 1.54) is 0 Å². The van der Waals surface area contributed by atoms with Crippen LogP contribution in [0.5, 0.6) is 0 Å². The van der Waals surface area contributed by atoms with Gasteiger partial charge >= 0.3 is 5.97 Å². The molecule has 0 aliphatic heterocycles. The van der Waals surface area contributed by atoms with Crippen LogP contribution < -0.4 is 0 Å². The van der Waals surface area contributed by atoms with E-state index < -0.39 is 0 Å². The second kappa shape index (κ2) is 5.98. The third kappa shape index (κ3) is 3.95. The van der Waals surface area contributed by atoms with Gasteiger partial charge < -0.3 is 9.84 Å². The molecule has 0 heterocycles. The second-order valence-electron chi connectivity index (χ2n) is 3.16. The van der Waals surface area contributed by atoms with Gasteiger partial charge in [-0.2, -0.15) is 0 Å². The minimum atomic E-state index is -0.346. The number of esters is 1. The Morgan fingerprint density at radius 3 is 2.60 bits per heavy atom. The fraction of sp³-hybridized carbons (Fsp3) is 0.250. The predicted molar refractivity (Wildman–Crippen MR) is 57.6 cm³/mol. The Balaban J connectivity index is 2.34. The van der Waals surface area contributed by atoms with E-state index in [1.54, 1.807) is 24.3 Å². The first-order chi connectivity index (χ1) is 7.24. The maximum absolute atomic E-state index is 11.4. The number of hydrogen-bond donors (Lipinski definition) is 1. The Kier molecular flexibility index (Phi) is 4.57. The van der Waals surface area contributed by atoms with Crippen molar-refractivity contribution in [1.29, 1.82) is 0 Å². The van der Waals surface area contributed by atoms with Crippen LogP contribution in [0.25, 0.3) is 0 Å². The predicted octanol–water partition coefficient (Wildman–Crippen LogP) is 1.78. The van der Waals surface area contributed by atoms with Crippen molar-refractivity contribution in [3.8, 4) is 0 Å². The lowest BCUT2D eigenvalue weighted by atomic mass is 10.2. The summed E-state index contributed by atoms with van der Waals surface area (Å²) in [6, 6.07) is 8.79. The van der Waals surface area contributed by atoms with Gasteiger partial charge in [0.25, 0.3) is 0 Å². The first-order valence-electron chi connectivity index (χ1n) is 4.73. The summed E-state index contributed by atoms with van der Waals surface area (Å²) in [7, 11) is 0. The summed E-state index contributed by atoms with van der Waals surface area (Å²) in [6.45, 7) is 3.79. The highest BCUT2D eigenvalue weighted by Crippen LogP contribution is 2.03. The zero-order valence-corrected chi connectivity index (χ0v) is 8.48. The molecule has 3 heteroatoms. The van der Waals surface area contributed by atoms with E-state index >= 15 is 0 Å². The molecule has 0 saturated carbocycles. The Bertz CT molecular complexity index is 330. The van der Waals surface area contributed by atoms with Gasteiger partial charge in [-0.25, -0.2) is 4.79 Å². The summed E-state index contributed by atoms with van der Waals surface area (Å²) < 4.78 is 4.99. The molecular formula is C12H14O3. The highest BCUT2D eigenvalue weighted by Gasteiger charge is 2.05. The van der Waals surface area contributed by atoms with E-state index in [2.05, 4.69) is 6.58 Å². The van der Waals surface area contributed by atoms with Crippen molar-refractivity contribution in [3.05, 3.63) is 48.0 Å². The van der Waals surface area contributed by atoms with Gasteiger partial charge in [-0.3, -0.25) is 0 Å². The molecule has 0 amide bonds. The largest absolute Gasteiger partial charge is 0.462 e. The number of aliphatic hydroxyl groups is 1. The number of carbonyl (C=O) groups excluding carboxylic acids is 1. The van der Waals surface area contributed by atoms with E-state index in [0.29, 0.717) is 17.6 Å². The molecule has 0 radical (unpaired) electrons. The van der Waals surface area contributed by atoms with Crippen LogP contribution in [0.1, 0.15) is 16.8 Å². The number of carbonyl (C=O) groups is 1. The summed E-state index contributed by atoms with van der Waals surface area (Å²) in [5.41, 5.74) is 1.20. The van der Waals surface area contributed by atoms with Crippen molar-refractivity contribution in [2.45, 2.75) is 6.42 Å². The van der Waals surface area contributed by atoms with Gasteiger partial charge in [0.1, 0.15) is 0 Å². The van der Waals surface area contributed by atoms with Crippen LogP contribution in [0.4, 0.5) is 0 Å². The Morgan fingerprint density at radius 1 is 1.33 bits per heavy atom. The van der Waals surface area contributed by atoms with Crippen molar-refractivity contribution in [1.82, 2.24) is 0 Å². The number of hydrogen-bond acceptors (Lipinski definition) is 3. The summed E-state index contributed by atoms with van der Waals surface area (Å²) in [5, 5.41) is 8.68. The van der Waals surface area contributed by atoms with Gasteiger partial charge in [-0.05, 0) is 17.7 Å². The third-order valence-electron chi connectivity index (χ3n) is 1.92.